The van der Waals surface area contributed by atoms with Gasteiger partial charge in [-0.1, -0.05) is 28.1 Å². The number of halogens is 3. The average molecular weight is 264 g/mol. The second kappa shape index (κ2) is 5.41. The molecule has 1 aromatic rings. The van der Waals surface area contributed by atoms with E-state index in [2.05, 4.69) is 15.9 Å². The molecule has 0 radical (unpaired) electrons. The quantitative estimate of drug-likeness (QED) is 0.888. The smallest absolute Gasteiger partial charge is 0.253 e. The van der Waals surface area contributed by atoms with Gasteiger partial charge in [0.1, 0.15) is 0 Å². The summed E-state index contributed by atoms with van der Waals surface area (Å²) in [7, 11) is 0. The van der Waals surface area contributed by atoms with E-state index >= 15 is 0 Å². The molecule has 0 aliphatic carbocycles. The first kappa shape index (κ1) is 11.6. The van der Waals surface area contributed by atoms with E-state index < -0.39 is 12.5 Å². The lowest BCUT2D eigenvalue weighted by atomic mass is 10.1. The molecule has 1 unspecified atom stereocenters. The number of hydrogen-bond acceptors (Lipinski definition) is 1. The molecule has 1 atom stereocenters. The Morgan fingerprint density at radius 2 is 1.79 bits per heavy atom. The van der Waals surface area contributed by atoms with Gasteiger partial charge >= 0.3 is 0 Å². The van der Waals surface area contributed by atoms with Gasteiger partial charge in [-0.05, 0) is 30.5 Å². The molecule has 0 bridgehead atoms. The van der Waals surface area contributed by atoms with Gasteiger partial charge in [0.15, 0.2) is 0 Å². The number of aryl methyl sites for hydroxylation is 1. The summed E-state index contributed by atoms with van der Waals surface area (Å²) in [4.78, 5) is 0. The first-order chi connectivity index (χ1) is 6.59. The SMILES string of the molecule is NC(CCc1ccc(Br)cc1)C(F)F. The Kier molecular flexibility index (Phi) is 4.48. The van der Waals surface area contributed by atoms with E-state index in [4.69, 9.17) is 5.73 Å². The third-order valence-corrected chi connectivity index (χ3v) is 2.53. The molecule has 0 aromatic heterocycles. The number of nitrogens with two attached hydrogens (primary N) is 1. The van der Waals surface area contributed by atoms with Crippen LogP contribution in [0.4, 0.5) is 8.78 Å². The highest BCUT2D eigenvalue weighted by molar-refractivity contribution is 9.10. The van der Waals surface area contributed by atoms with E-state index in [1.807, 2.05) is 24.3 Å². The summed E-state index contributed by atoms with van der Waals surface area (Å²) in [5.74, 6) is 0. The van der Waals surface area contributed by atoms with Gasteiger partial charge in [0.05, 0.1) is 6.04 Å². The maximum atomic E-state index is 12.1. The normalized spacial score (nSPS) is 13.2. The minimum Gasteiger partial charge on any atom is -0.323 e. The molecule has 4 heteroatoms. The van der Waals surface area contributed by atoms with Gasteiger partial charge < -0.3 is 5.73 Å². The zero-order valence-electron chi connectivity index (χ0n) is 7.59. The van der Waals surface area contributed by atoms with Crippen molar-refractivity contribution in [1.82, 2.24) is 0 Å². The molecule has 0 spiro atoms. The molecule has 0 saturated carbocycles. The fourth-order valence-electron chi connectivity index (χ4n) is 1.11. The van der Waals surface area contributed by atoms with Crippen LogP contribution < -0.4 is 5.73 Å². The Balaban J connectivity index is 2.42. The van der Waals surface area contributed by atoms with E-state index in [0.29, 0.717) is 12.8 Å². The number of rotatable bonds is 4. The third kappa shape index (κ3) is 3.72. The van der Waals surface area contributed by atoms with Crippen molar-refractivity contribution in [2.75, 3.05) is 0 Å². The molecule has 1 nitrogen and oxygen atoms in total. The number of alkyl halides is 2. The van der Waals surface area contributed by atoms with Crippen LogP contribution in [-0.4, -0.2) is 12.5 Å². The van der Waals surface area contributed by atoms with Crippen molar-refractivity contribution in [3.05, 3.63) is 34.3 Å². The van der Waals surface area contributed by atoms with Gasteiger partial charge in [-0.25, -0.2) is 8.78 Å². The lowest BCUT2D eigenvalue weighted by molar-refractivity contribution is 0.112. The lowest BCUT2D eigenvalue weighted by Gasteiger charge is -2.09. The summed E-state index contributed by atoms with van der Waals surface area (Å²) >= 11 is 3.30. The van der Waals surface area contributed by atoms with Crippen LogP contribution in [0.25, 0.3) is 0 Å². The first-order valence-corrected chi connectivity index (χ1v) is 5.17. The Morgan fingerprint density at radius 3 is 2.29 bits per heavy atom. The summed E-state index contributed by atoms with van der Waals surface area (Å²) in [6.07, 6.45) is -1.51. The van der Waals surface area contributed by atoms with Crippen molar-refractivity contribution < 1.29 is 8.78 Å². The summed E-state index contributed by atoms with van der Waals surface area (Å²) in [5.41, 5.74) is 6.27. The number of hydrogen-bond donors (Lipinski definition) is 1. The molecule has 0 saturated heterocycles. The van der Waals surface area contributed by atoms with Crippen LogP contribution in [0.2, 0.25) is 0 Å². The van der Waals surface area contributed by atoms with Crippen molar-refractivity contribution in [2.24, 2.45) is 5.73 Å². The molecule has 1 rings (SSSR count). The molecule has 14 heavy (non-hydrogen) atoms. The second-order valence-corrected chi connectivity index (χ2v) is 4.08. The van der Waals surface area contributed by atoms with E-state index in [9.17, 15) is 8.78 Å². The molecule has 0 heterocycles. The predicted octanol–water partition coefficient (Wildman–Crippen LogP) is 2.97. The molecule has 0 amide bonds. The molecule has 0 aliphatic heterocycles. The fourth-order valence-corrected chi connectivity index (χ4v) is 1.37. The van der Waals surface area contributed by atoms with Gasteiger partial charge in [0.25, 0.3) is 6.43 Å². The predicted molar refractivity (Wildman–Crippen MR) is 56.4 cm³/mol. The molecular formula is C10H12BrF2N. The van der Waals surface area contributed by atoms with Crippen molar-refractivity contribution in [3.63, 3.8) is 0 Å². The average Bonchev–Trinajstić information content (AvgIpc) is 2.16. The zero-order valence-corrected chi connectivity index (χ0v) is 9.18. The molecule has 78 valence electrons. The van der Waals surface area contributed by atoms with Gasteiger partial charge in [0.2, 0.25) is 0 Å². The Labute approximate surface area is 90.4 Å². The Hall–Kier alpha value is -0.480. The van der Waals surface area contributed by atoms with Crippen molar-refractivity contribution >= 4 is 15.9 Å². The van der Waals surface area contributed by atoms with E-state index in [-0.39, 0.29) is 0 Å². The van der Waals surface area contributed by atoms with Crippen molar-refractivity contribution in [2.45, 2.75) is 25.3 Å². The highest BCUT2D eigenvalue weighted by atomic mass is 79.9. The Morgan fingerprint density at radius 1 is 1.21 bits per heavy atom. The Bertz CT molecular complexity index is 274. The summed E-state index contributed by atoms with van der Waals surface area (Å²) in [5, 5.41) is 0. The third-order valence-electron chi connectivity index (χ3n) is 2.00. The largest absolute Gasteiger partial charge is 0.323 e. The summed E-state index contributed by atoms with van der Waals surface area (Å²) in [6.45, 7) is 0. The van der Waals surface area contributed by atoms with Crippen LogP contribution in [0.1, 0.15) is 12.0 Å². The second-order valence-electron chi connectivity index (χ2n) is 3.16. The van der Waals surface area contributed by atoms with E-state index in [0.717, 1.165) is 10.0 Å². The maximum Gasteiger partial charge on any atom is 0.253 e. The topological polar surface area (TPSA) is 26.0 Å². The van der Waals surface area contributed by atoms with Crippen LogP contribution >= 0.6 is 15.9 Å². The van der Waals surface area contributed by atoms with Gasteiger partial charge in [-0.15, -0.1) is 0 Å². The zero-order chi connectivity index (χ0) is 10.6. The minimum atomic E-state index is -2.43. The molecule has 0 aliphatic rings. The van der Waals surface area contributed by atoms with Crippen LogP contribution in [0.5, 0.6) is 0 Å². The van der Waals surface area contributed by atoms with Gasteiger partial charge in [-0.2, -0.15) is 0 Å². The molecule has 1 aromatic carbocycles. The van der Waals surface area contributed by atoms with E-state index in [1.54, 1.807) is 0 Å². The van der Waals surface area contributed by atoms with Crippen molar-refractivity contribution in [1.29, 1.82) is 0 Å². The van der Waals surface area contributed by atoms with E-state index in [1.165, 1.54) is 0 Å². The first-order valence-electron chi connectivity index (χ1n) is 4.38. The minimum absolute atomic E-state index is 0.319. The van der Waals surface area contributed by atoms with Gasteiger partial charge in [0, 0.05) is 4.47 Å². The monoisotopic (exact) mass is 263 g/mol. The van der Waals surface area contributed by atoms with Gasteiger partial charge in [-0.3, -0.25) is 0 Å². The maximum absolute atomic E-state index is 12.1. The van der Waals surface area contributed by atoms with Crippen LogP contribution in [0.15, 0.2) is 28.7 Å². The highest BCUT2D eigenvalue weighted by Gasteiger charge is 2.14. The molecule has 2 N–H and O–H groups in total. The molecular weight excluding hydrogens is 252 g/mol. The van der Waals surface area contributed by atoms with Crippen LogP contribution in [0, 0.1) is 0 Å². The lowest BCUT2D eigenvalue weighted by Crippen LogP contribution is -2.28. The standard InChI is InChI=1S/C10H12BrF2N/c11-8-4-1-7(2-5-8)3-6-9(14)10(12)13/h1-2,4-5,9-10H,3,6,14H2. The fraction of sp³-hybridized carbons (Fsp3) is 0.400. The van der Waals surface area contributed by atoms with Crippen LogP contribution in [-0.2, 0) is 6.42 Å². The van der Waals surface area contributed by atoms with Crippen LogP contribution in [0.3, 0.4) is 0 Å². The summed E-state index contributed by atoms with van der Waals surface area (Å²) in [6, 6.07) is 6.58. The van der Waals surface area contributed by atoms with Crippen molar-refractivity contribution in [3.8, 4) is 0 Å². The summed E-state index contributed by atoms with van der Waals surface area (Å²) < 4.78 is 25.1. The molecule has 0 fully saturated rings. The number of benzene rings is 1. The highest BCUT2D eigenvalue weighted by Crippen LogP contribution is 2.13.